The average Bonchev–Trinajstić information content (AvgIpc) is 2.69. The maximum Gasteiger partial charge on any atom is 0.175 e. The highest BCUT2D eigenvalue weighted by Gasteiger charge is 2.34. The number of rotatable bonds is 5. The third kappa shape index (κ3) is 2.83. The topological polar surface area (TPSA) is 18.5 Å². The van der Waals surface area contributed by atoms with Gasteiger partial charge >= 0.3 is 0 Å². The molecular formula is C17H28O2S. The lowest BCUT2D eigenvalue weighted by Crippen LogP contribution is -2.19. The summed E-state index contributed by atoms with van der Waals surface area (Å²) in [7, 11) is 0. The number of ether oxygens (including phenoxy) is 2. The van der Waals surface area contributed by atoms with Crippen LogP contribution >= 0.6 is 11.3 Å². The number of fused-ring (bicyclic) bond motifs is 1. The molecule has 1 aliphatic heterocycles. The Labute approximate surface area is 127 Å². The largest absolute Gasteiger partial charge is 0.488 e. The molecule has 0 amide bonds. The molecule has 0 N–H and O–H groups in total. The lowest BCUT2D eigenvalue weighted by Gasteiger charge is -2.26. The van der Waals surface area contributed by atoms with E-state index in [0.29, 0.717) is 5.92 Å². The molecule has 2 rings (SSSR count). The fraction of sp³-hybridized carbons (Fsp3) is 0.765. The second-order valence-electron chi connectivity index (χ2n) is 6.26. The summed E-state index contributed by atoms with van der Waals surface area (Å²) in [6, 6.07) is 0. The van der Waals surface area contributed by atoms with Gasteiger partial charge in [-0.25, -0.2) is 0 Å². The summed E-state index contributed by atoms with van der Waals surface area (Å²) in [4.78, 5) is 2.77. The van der Waals surface area contributed by atoms with E-state index in [-0.39, 0.29) is 5.41 Å². The quantitative estimate of drug-likeness (QED) is 0.745. The first-order valence-electron chi connectivity index (χ1n) is 7.97. The Morgan fingerprint density at radius 3 is 2.25 bits per heavy atom. The molecule has 1 aromatic heterocycles. The van der Waals surface area contributed by atoms with Crippen LogP contribution in [0.5, 0.6) is 11.5 Å². The molecule has 0 radical (unpaired) electrons. The smallest absolute Gasteiger partial charge is 0.175 e. The van der Waals surface area contributed by atoms with Crippen LogP contribution in [0.25, 0.3) is 0 Å². The maximum atomic E-state index is 6.15. The van der Waals surface area contributed by atoms with Crippen molar-refractivity contribution in [2.75, 3.05) is 13.2 Å². The molecule has 0 saturated carbocycles. The Morgan fingerprint density at radius 1 is 1.10 bits per heavy atom. The molecule has 0 bridgehead atoms. The maximum absolute atomic E-state index is 6.15. The Hall–Kier alpha value is -0.700. The van der Waals surface area contributed by atoms with Gasteiger partial charge in [0.2, 0.25) is 0 Å². The van der Waals surface area contributed by atoms with Crippen molar-refractivity contribution in [3.8, 4) is 11.5 Å². The normalized spacial score (nSPS) is 18.9. The van der Waals surface area contributed by atoms with Gasteiger partial charge in [-0.2, -0.15) is 0 Å². The molecule has 3 heteroatoms. The first-order chi connectivity index (χ1) is 9.55. The fourth-order valence-electron chi connectivity index (χ4n) is 2.58. The van der Waals surface area contributed by atoms with Crippen LogP contribution in [0.4, 0.5) is 0 Å². The summed E-state index contributed by atoms with van der Waals surface area (Å²) in [5.74, 6) is 2.56. The highest BCUT2D eigenvalue weighted by Crippen LogP contribution is 2.51. The molecule has 20 heavy (non-hydrogen) atoms. The van der Waals surface area contributed by atoms with Gasteiger partial charge in [0.05, 0.1) is 23.0 Å². The van der Waals surface area contributed by atoms with Crippen LogP contribution in [0.15, 0.2) is 0 Å². The zero-order chi connectivity index (χ0) is 14.8. The molecular weight excluding hydrogens is 268 g/mol. The lowest BCUT2D eigenvalue weighted by molar-refractivity contribution is 0.225. The molecule has 0 saturated heterocycles. The molecule has 0 aliphatic carbocycles. The van der Waals surface area contributed by atoms with Crippen LogP contribution in [0.3, 0.4) is 0 Å². The summed E-state index contributed by atoms with van der Waals surface area (Å²) < 4.78 is 12.2. The van der Waals surface area contributed by atoms with Crippen LogP contribution in [0.1, 0.15) is 63.6 Å². The zero-order valence-electron chi connectivity index (χ0n) is 13.5. The summed E-state index contributed by atoms with van der Waals surface area (Å²) in [5, 5.41) is 0. The van der Waals surface area contributed by atoms with Gasteiger partial charge in [-0.1, -0.05) is 41.0 Å². The second-order valence-corrected chi connectivity index (χ2v) is 7.36. The van der Waals surface area contributed by atoms with Crippen molar-refractivity contribution in [1.29, 1.82) is 0 Å². The number of hydrogen-bond acceptors (Lipinski definition) is 3. The summed E-state index contributed by atoms with van der Waals surface area (Å²) in [6.45, 7) is 12.9. The van der Waals surface area contributed by atoms with Crippen LogP contribution in [-0.4, -0.2) is 13.2 Å². The van der Waals surface area contributed by atoms with E-state index in [1.54, 1.807) is 0 Å². The summed E-state index contributed by atoms with van der Waals surface area (Å²) >= 11 is 1.92. The van der Waals surface area contributed by atoms with Crippen LogP contribution in [0, 0.1) is 5.92 Å². The SMILES string of the molecule is CCCc1sc(C(C)(CC)CC)c2c1OCC(C)CO2. The predicted octanol–water partition coefficient (Wildman–Crippen LogP) is 5.19. The molecule has 2 nitrogen and oxygen atoms in total. The van der Waals surface area contributed by atoms with E-state index in [0.717, 1.165) is 50.4 Å². The molecule has 0 aromatic carbocycles. The van der Waals surface area contributed by atoms with Crippen LogP contribution in [0.2, 0.25) is 0 Å². The van der Waals surface area contributed by atoms with Crippen molar-refractivity contribution in [1.82, 2.24) is 0 Å². The van der Waals surface area contributed by atoms with Crippen molar-refractivity contribution >= 4 is 11.3 Å². The third-order valence-corrected chi connectivity index (χ3v) is 6.02. The third-order valence-electron chi connectivity index (χ3n) is 4.50. The molecule has 0 fully saturated rings. The number of aryl methyl sites for hydroxylation is 1. The van der Waals surface area contributed by atoms with Gasteiger partial charge in [-0.05, 0) is 19.3 Å². The highest BCUT2D eigenvalue weighted by molar-refractivity contribution is 7.13. The summed E-state index contributed by atoms with van der Waals surface area (Å²) in [5.41, 5.74) is 0.206. The zero-order valence-corrected chi connectivity index (χ0v) is 14.4. The standard InChI is InChI=1S/C17H28O2S/c1-6-9-13-14-15(19-11-12(4)10-18-14)16(20-13)17(5,7-2)8-3/h12H,6-11H2,1-5H3. The van der Waals surface area contributed by atoms with Gasteiger partial charge in [0.1, 0.15) is 0 Å². The Kier molecular flexibility index (Phi) is 5.00. The molecule has 1 aromatic rings. The van der Waals surface area contributed by atoms with E-state index in [4.69, 9.17) is 9.47 Å². The summed E-state index contributed by atoms with van der Waals surface area (Å²) in [6.07, 6.45) is 4.52. The van der Waals surface area contributed by atoms with E-state index in [1.807, 2.05) is 11.3 Å². The second kappa shape index (κ2) is 6.38. The lowest BCUT2D eigenvalue weighted by atomic mass is 9.83. The fourth-order valence-corrected chi connectivity index (χ4v) is 4.16. The Bertz CT molecular complexity index is 446. The minimum Gasteiger partial charge on any atom is -0.488 e. The molecule has 1 aliphatic rings. The van der Waals surface area contributed by atoms with Crippen molar-refractivity contribution in [2.45, 2.75) is 65.7 Å². The van der Waals surface area contributed by atoms with Crippen molar-refractivity contribution in [2.24, 2.45) is 5.92 Å². The van der Waals surface area contributed by atoms with E-state index in [1.165, 1.54) is 9.75 Å². The Balaban J connectivity index is 2.48. The van der Waals surface area contributed by atoms with Gasteiger partial charge < -0.3 is 9.47 Å². The van der Waals surface area contributed by atoms with Gasteiger partial charge in [0, 0.05) is 11.3 Å². The van der Waals surface area contributed by atoms with Gasteiger partial charge in [0.25, 0.3) is 0 Å². The predicted molar refractivity (Wildman–Crippen MR) is 86.4 cm³/mol. The highest BCUT2D eigenvalue weighted by atomic mass is 32.1. The van der Waals surface area contributed by atoms with Crippen molar-refractivity contribution < 1.29 is 9.47 Å². The van der Waals surface area contributed by atoms with E-state index in [9.17, 15) is 0 Å². The van der Waals surface area contributed by atoms with Crippen LogP contribution in [-0.2, 0) is 11.8 Å². The molecule has 114 valence electrons. The number of thiophene rings is 1. The molecule has 0 spiro atoms. The van der Waals surface area contributed by atoms with Gasteiger partial charge in [0.15, 0.2) is 11.5 Å². The molecule has 1 atom stereocenters. The number of hydrogen-bond donors (Lipinski definition) is 0. The first-order valence-corrected chi connectivity index (χ1v) is 8.79. The molecule has 1 unspecified atom stereocenters. The van der Waals surface area contributed by atoms with Gasteiger partial charge in [-0.3, -0.25) is 0 Å². The Morgan fingerprint density at radius 2 is 1.70 bits per heavy atom. The molecule has 2 heterocycles. The van der Waals surface area contributed by atoms with E-state index in [2.05, 4.69) is 34.6 Å². The minimum absolute atomic E-state index is 0.206. The van der Waals surface area contributed by atoms with Gasteiger partial charge in [-0.15, -0.1) is 11.3 Å². The van der Waals surface area contributed by atoms with Crippen molar-refractivity contribution in [3.05, 3.63) is 9.75 Å². The average molecular weight is 296 g/mol. The first kappa shape index (κ1) is 15.7. The monoisotopic (exact) mass is 296 g/mol. The van der Waals surface area contributed by atoms with Crippen molar-refractivity contribution in [3.63, 3.8) is 0 Å². The van der Waals surface area contributed by atoms with E-state index >= 15 is 0 Å². The van der Waals surface area contributed by atoms with E-state index < -0.39 is 0 Å². The van der Waals surface area contributed by atoms with Crippen LogP contribution < -0.4 is 9.47 Å². The minimum atomic E-state index is 0.206.